The topological polar surface area (TPSA) is 77.0 Å². The molecule has 1 aromatic carbocycles. The Morgan fingerprint density at radius 1 is 1.09 bits per heavy atom. The molecule has 0 atom stereocenters. The molecule has 0 spiro atoms. The number of carbonyl (C=O) groups excluding carboxylic acids is 1. The number of nitrogens with one attached hydrogen (secondary N) is 1. The largest absolute Gasteiger partial charge is 0.464 e. The van der Waals surface area contributed by atoms with Gasteiger partial charge >= 0.3 is 5.97 Å². The van der Waals surface area contributed by atoms with E-state index >= 15 is 0 Å². The van der Waals surface area contributed by atoms with Crippen molar-refractivity contribution in [1.29, 1.82) is 0 Å². The molecule has 0 fully saturated rings. The van der Waals surface area contributed by atoms with Crippen LogP contribution in [-0.2, 0) is 4.74 Å². The van der Waals surface area contributed by atoms with Crippen LogP contribution in [0.15, 0.2) is 36.4 Å². The van der Waals surface area contributed by atoms with E-state index in [1.54, 1.807) is 0 Å². The van der Waals surface area contributed by atoms with E-state index in [1.165, 1.54) is 13.2 Å². The van der Waals surface area contributed by atoms with Crippen molar-refractivity contribution in [3.8, 4) is 0 Å². The number of hydrogen-bond donors (Lipinski definition) is 1. The van der Waals surface area contributed by atoms with Gasteiger partial charge in [0.1, 0.15) is 11.0 Å². The zero-order valence-electron chi connectivity index (χ0n) is 11.9. The summed E-state index contributed by atoms with van der Waals surface area (Å²) in [5.41, 5.74) is 1.51. The number of ether oxygens (including phenoxy) is 1. The van der Waals surface area contributed by atoms with Crippen molar-refractivity contribution >= 4 is 51.7 Å². The molecule has 2 aromatic heterocycles. The third-order valence-electron chi connectivity index (χ3n) is 3.01. The average Bonchev–Trinajstić information content (AvgIpc) is 2.55. The highest BCUT2D eigenvalue weighted by molar-refractivity contribution is 6.36. The maximum atomic E-state index is 11.7. The SMILES string of the molecule is COC(=O)c1cc(Cl)c2nc(Cl)nc(Nc3ccccc3)c2n1. The molecular weight excluding hydrogens is 339 g/mol. The van der Waals surface area contributed by atoms with Gasteiger partial charge in [-0.25, -0.2) is 14.8 Å². The van der Waals surface area contributed by atoms with E-state index in [1.807, 2.05) is 30.3 Å². The Morgan fingerprint density at radius 3 is 2.52 bits per heavy atom. The Kier molecular flexibility index (Phi) is 4.27. The highest BCUT2D eigenvalue weighted by Gasteiger charge is 2.17. The van der Waals surface area contributed by atoms with Crippen LogP contribution in [0.25, 0.3) is 11.0 Å². The van der Waals surface area contributed by atoms with E-state index in [0.29, 0.717) is 16.9 Å². The van der Waals surface area contributed by atoms with Crippen molar-refractivity contribution in [3.05, 3.63) is 52.4 Å². The van der Waals surface area contributed by atoms with Crippen LogP contribution in [0.4, 0.5) is 11.5 Å². The Balaban J connectivity index is 2.19. The molecular formula is C15H10Cl2N4O2. The molecule has 0 aliphatic rings. The molecule has 0 aliphatic heterocycles. The second kappa shape index (κ2) is 6.36. The van der Waals surface area contributed by atoms with E-state index in [4.69, 9.17) is 23.2 Å². The summed E-state index contributed by atoms with van der Waals surface area (Å²) in [6, 6.07) is 10.7. The summed E-state index contributed by atoms with van der Waals surface area (Å²) in [6.07, 6.45) is 0. The minimum absolute atomic E-state index is 0.0189. The number of pyridine rings is 1. The standard InChI is InChI=1S/C15H10Cl2N4O2/c1-23-14(22)10-7-9(16)11-12(19-10)13(21-15(17)20-11)18-8-5-3-2-4-6-8/h2-7H,1H3,(H,18,20,21). The number of esters is 1. The van der Waals surface area contributed by atoms with Gasteiger partial charge in [-0.05, 0) is 29.8 Å². The second-order valence-electron chi connectivity index (χ2n) is 4.51. The lowest BCUT2D eigenvalue weighted by Crippen LogP contribution is -2.07. The quantitative estimate of drug-likeness (QED) is 0.572. The number of halogens is 2. The molecule has 2 heterocycles. The van der Waals surface area contributed by atoms with Gasteiger partial charge < -0.3 is 10.1 Å². The highest BCUT2D eigenvalue weighted by Crippen LogP contribution is 2.29. The van der Waals surface area contributed by atoms with Crippen molar-refractivity contribution in [2.45, 2.75) is 0 Å². The van der Waals surface area contributed by atoms with Crippen molar-refractivity contribution in [3.63, 3.8) is 0 Å². The van der Waals surface area contributed by atoms with Crippen LogP contribution in [0.5, 0.6) is 0 Å². The number of rotatable bonds is 3. The maximum absolute atomic E-state index is 11.7. The van der Waals surface area contributed by atoms with Crippen LogP contribution in [0, 0.1) is 0 Å². The molecule has 0 bridgehead atoms. The fourth-order valence-electron chi connectivity index (χ4n) is 2.00. The summed E-state index contributed by atoms with van der Waals surface area (Å²) in [5, 5.41) is 3.34. The smallest absolute Gasteiger partial charge is 0.356 e. The van der Waals surface area contributed by atoms with Gasteiger partial charge in [-0.1, -0.05) is 29.8 Å². The first-order valence-electron chi connectivity index (χ1n) is 6.52. The Bertz CT molecular complexity index is 888. The minimum Gasteiger partial charge on any atom is -0.464 e. The van der Waals surface area contributed by atoms with E-state index in [-0.39, 0.29) is 16.0 Å². The molecule has 0 unspecified atom stereocenters. The van der Waals surface area contributed by atoms with Crippen LogP contribution >= 0.6 is 23.2 Å². The summed E-state index contributed by atoms with van der Waals surface area (Å²) in [7, 11) is 1.27. The monoisotopic (exact) mass is 348 g/mol. The van der Waals surface area contributed by atoms with Gasteiger partial charge in [0.25, 0.3) is 0 Å². The van der Waals surface area contributed by atoms with Gasteiger partial charge in [-0.15, -0.1) is 0 Å². The predicted molar refractivity (Wildman–Crippen MR) is 88.4 cm³/mol. The highest BCUT2D eigenvalue weighted by atomic mass is 35.5. The molecule has 0 saturated heterocycles. The molecule has 6 nitrogen and oxygen atoms in total. The van der Waals surface area contributed by atoms with Gasteiger partial charge in [-0.2, -0.15) is 4.98 Å². The first kappa shape index (κ1) is 15.5. The lowest BCUT2D eigenvalue weighted by atomic mass is 10.2. The first-order valence-corrected chi connectivity index (χ1v) is 7.28. The predicted octanol–water partition coefficient (Wildman–Crippen LogP) is 3.86. The van der Waals surface area contributed by atoms with E-state index < -0.39 is 5.97 Å². The number of methoxy groups -OCH3 is 1. The van der Waals surface area contributed by atoms with Gasteiger partial charge in [0.2, 0.25) is 5.28 Å². The van der Waals surface area contributed by atoms with E-state index in [9.17, 15) is 4.79 Å². The normalized spacial score (nSPS) is 10.6. The number of fused-ring (bicyclic) bond motifs is 1. The number of aromatic nitrogens is 3. The van der Waals surface area contributed by atoms with Gasteiger partial charge in [-0.3, -0.25) is 0 Å². The summed E-state index contributed by atoms with van der Waals surface area (Å²) in [5.74, 6) is -0.256. The lowest BCUT2D eigenvalue weighted by Gasteiger charge is -2.10. The number of anilines is 2. The lowest BCUT2D eigenvalue weighted by molar-refractivity contribution is 0.0594. The number of nitrogens with zero attached hydrogens (tertiary/aromatic N) is 3. The average molecular weight is 349 g/mol. The summed E-state index contributed by atoms with van der Waals surface area (Å²) in [6.45, 7) is 0. The molecule has 0 aliphatic carbocycles. The fraction of sp³-hybridized carbons (Fsp3) is 0.0667. The van der Waals surface area contributed by atoms with Gasteiger partial charge in [0, 0.05) is 5.69 Å². The molecule has 3 aromatic rings. The number of hydrogen-bond acceptors (Lipinski definition) is 6. The third kappa shape index (κ3) is 3.18. The molecule has 3 rings (SSSR count). The Hall–Kier alpha value is -2.44. The van der Waals surface area contributed by atoms with Crippen LogP contribution in [0.1, 0.15) is 10.5 Å². The zero-order chi connectivity index (χ0) is 16.4. The Labute approximate surface area is 141 Å². The Morgan fingerprint density at radius 2 is 1.83 bits per heavy atom. The van der Waals surface area contributed by atoms with E-state index in [0.717, 1.165) is 5.69 Å². The number of para-hydroxylation sites is 1. The second-order valence-corrected chi connectivity index (χ2v) is 5.26. The van der Waals surface area contributed by atoms with Crippen molar-refractivity contribution < 1.29 is 9.53 Å². The fourth-order valence-corrected chi connectivity index (χ4v) is 2.40. The molecule has 23 heavy (non-hydrogen) atoms. The van der Waals surface area contributed by atoms with Crippen LogP contribution in [0.2, 0.25) is 10.3 Å². The minimum atomic E-state index is -0.602. The number of carbonyl (C=O) groups is 1. The third-order valence-corrected chi connectivity index (χ3v) is 3.47. The summed E-state index contributed by atoms with van der Waals surface area (Å²) >= 11 is 12.1. The van der Waals surface area contributed by atoms with Crippen molar-refractivity contribution in [1.82, 2.24) is 15.0 Å². The maximum Gasteiger partial charge on any atom is 0.356 e. The number of benzene rings is 1. The van der Waals surface area contributed by atoms with Gasteiger partial charge in [0.05, 0.1) is 12.1 Å². The molecule has 8 heteroatoms. The summed E-state index contributed by atoms with van der Waals surface area (Å²) < 4.78 is 4.67. The summed E-state index contributed by atoms with van der Waals surface area (Å²) in [4.78, 5) is 24.2. The molecule has 1 N–H and O–H groups in total. The first-order chi connectivity index (χ1) is 11.1. The van der Waals surface area contributed by atoms with Crippen LogP contribution in [0.3, 0.4) is 0 Å². The van der Waals surface area contributed by atoms with E-state index in [2.05, 4.69) is 25.0 Å². The molecule has 116 valence electrons. The van der Waals surface area contributed by atoms with Crippen LogP contribution in [-0.4, -0.2) is 28.0 Å². The van der Waals surface area contributed by atoms with Crippen molar-refractivity contribution in [2.75, 3.05) is 12.4 Å². The van der Waals surface area contributed by atoms with Crippen molar-refractivity contribution in [2.24, 2.45) is 0 Å². The van der Waals surface area contributed by atoms with Crippen LogP contribution < -0.4 is 5.32 Å². The zero-order valence-corrected chi connectivity index (χ0v) is 13.4. The van der Waals surface area contributed by atoms with Gasteiger partial charge in [0.15, 0.2) is 11.5 Å². The molecule has 0 amide bonds. The molecule has 0 saturated carbocycles. The molecule has 0 radical (unpaired) electrons.